The Balaban J connectivity index is 1.72. The number of benzene rings is 2. The number of hydrogen-bond donors (Lipinski definition) is 1. The summed E-state index contributed by atoms with van der Waals surface area (Å²) < 4.78 is 52.1. The largest absolute Gasteiger partial charge is 0.481 e. The monoisotopic (exact) mass is 455 g/mol. The van der Waals surface area contributed by atoms with Gasteiger partial charge in [-0.1, -0.05) is 18.2 Å². The average Bonchev–Trinajstić information content (AvgIpc) is 3.05. The van der Waals surface area contributed by atoms with Crippen LogP contribution in [0, 0.1) is 12.7 Å². The number of hydrogen-bond acceptors (Lipinski definition) is 4. The second-order valence-corrected chi connectivity index (χ2v) is 8.68. The zero-order valence-corrected chi connectivity index (χ0v) is 17.4. The van der Waals surface area contributed by atoms with Gasteiger partial charge < -0.3 is 5.11 Å². The van der Waals surface area contributed by atoms with E-state index in [1.807, 2.05) is 24.3 Å². The SMILES string of the molecule is Cc1nc(-c2ccc(C(F)(F)F)c(F)c2)sc1CSc1cccc(CCC(=O)O)c1. The summed E-state index contributed by atoms with van der Waals surface area (Å²) in [6, 6.07) is 10.4. The first kappa shape index (κ1) is 22.3. The third-order valence-corrected chi connectivity index (χ3v) is 6.72. The molecule has 0 amide bonds. The molecule has 158 valence electrons. The van der Waals surface area contributed by atoms with Crippen LogP contribution in [0.3, 0.4) is 0 Å². The lowest BCUT2D eigenvalue weighted by Gasteiger charge is -2.08. The van der Waals surface area contributed by atoms with Crippen molar-refractivity contribution in [2.75, 3.05) is 0 Å². The summed E-state index contributed by atoms with van der Waals surface area (Å²) in [5.41, 5.74) is 0.688. The molecule has 9 heteroatoms. The average molecular weight is 455 g/mol. The molecule has 0 radical (unpaired) electrons. The lowest BCUT2D eigenvalue weighted by molar-refractivity contribution is -0.140. The fourth-order valence-electron chi connectivity index (χ4n) is 2.75. The van der Waals surface area contributed by atoms with Gasteiger partial charge in [0.1, 0.15) is 10.8 Å². The molecule has 0 spiro atoms. The molecule has 2 aromatic carbocycles. The minimum Gasteiger partial charge on any atom is -0.481 e. The highest BCUT2D eigenvalue weighted by molar-refractivity contribution is 7.98. The van der Waals surface area contributed by atoms with E-state index in [1.54, 1.807) is 18.7 Å². The third-order valence-electron chi connectivity index (χ3n) is 4.31. The van der Waals surface area contributed by atoms with Gasteiger partial charge in [0.2, 0.25) is 0 Å². The molecule has 0 aliphatic heterocycles. The molecule has 0 saturated carbocycles. The van der Waals surface area contributed by atoms with Gasteiger partial charge in [-0.2, -0.15) is 13.2 Å². The second kappa shape index (κ2) is 9.18. The van der Waals surface area contributed by atoms with Crippen molar-refractivity contribution in [3.05, 3.63) is 70.0 Å². The standard InChI is InChI=1S/C21H17F4NO2S2/c1-12-18(11-29-15-4-2-3-13(9-15)5-8-19(27)28)30-20(26-12)14-6-7-16(17(22)10-14)21(23,24)25/h2-4,6-7,9-10H,5,8,11H2,1H3,(H,27,28). The van der Waals surface area contributed by atoms with E-state index in [0.29, 0.717) is 22.7 Å². The van der Waals surface area contributed by atoms with Crippen molar-refractivity contribution in [3.63, 3.8) is 0 Å². The second-order valence-electron chi connectivity index (χ2n) is 6.55. The molecule has 0 saturated heterocycles. The van der Waals surface area contributed by atoms with Gasteiger partial charge in [-0.15, -0.1) is 23.1 Å². The molecule has 0 fully saturated rings. The molecule has 0 aliphatic carbocycles. The molecule has 1 aromatic heterocycles. The maximum absolute atomic E-state index is 13.9. The van der Waals surface area contributed by atoms with E-state index in [-0.39, 0.29) is 6.42 Å². The third kappa shape index (κ3) is 5.60. The summed E-state index contributed by atoms with van der Waals surface area (Å²) in [5.74, 6) is -1.57. The molecule has 1 heterocycles. The Hall–Kier alpha value is -2.39. The van der Waals surface area contributed by atoms with Crippen LogP contribution in [-0.2, 0) is 23.1 Å². The number of carboxylic acid groups (broad SMARTS) is 1. The fourth-order valence-corrected chi connectivity index (χ4v) is 4.94. The molecule has 3 nitrogen and oxygen atoms in total. The van der Waals surface area contributed by atoms with E-state index in [1.165, 1.54) is 17.4 Å². The summed E-state index contributed by atoms with van der Waals surface area (Å²) in [6.07, 6.45) is -4.22. The van der Waals surface area contributed by atoms with E-state index in [9.17, 15) is 22.4 Å². The van der Waals surface area contributed by atoms with Gasteiger partial charge in [-0.25, -0.2) is 9.37 Å². The number of nitrogens with zero attached hydrogens (tertiary/aromatic N) is 1. The van der Waals surface area contributed by atoms with Gasteiger partial charge in [0.25, 0.3) is 0 Å². The summed E-state index contributed by atoms with van der Waals surface area (Å²) in [5, 5.41) is 9.27. The smallest absolute Gasteiger partial charge is 0.419 e. The van der Waals surface area contributed by atoms with Crippen LogP contribution >= 0.6 is 23.1 Å². The van der Waals surface area contributed by atoms with Crippen LogP contribution in [0.25, 0.3) is 10.6 Å². The zero-order valence-electron chi connectivity index (χ0n) is 15.8. The number of rotatable bonds is 7. The van der Waals surface area contributed by atoms with Gasteiger partial charge >= 0.3 is 12.1 Å². The van der Waals surface area contributed by atoms with Crippen LogP contribution in [0.15, 0.2) is 47.4 Å². The van der Waals surface area contributed by atoms with E-state index < -0.39 is 23.5 Å². The molecular weight excluding hydrogens is 438 g/mol. The van der Waals surface area contributed by atoms with Gasteiger partial charge in [-0.3, -0.25) is 4.79 Å². The molecule has 0 bridgehead atoms. The summed E-state index contributed by atoms with van der Waals surface area (Å²) in [4.78, 5) is 17.0. The molecular formula is C21H17F4NO2S2. The van der Waals surface area contributed by atoms with Crippen molar-refractivity contribution in [2.24, 2.45) is 0 Å². The number of halogens is 4. The Morgan fingerprint density at radius 3 is 2.63 bits per heavy atom. The number of aryl methyl sites for hydroxylation is 2. The van der Waals surface area contributed by atoms with Gasteiger partial charge in [0.05, 0.1) is 11.3 Å². The van der Waals surface area contributed by atoms with E-state index in [4.69, 9.17) is 5.11 Å². The maximum atomic E-state index is 13.9. The van der Waals surface area contributed by atoms with E-state index in [0.717, 1.165) is 33.2 Å². The number of aromatic nitrogens is 1. The van der Waals surface area contributed by atoms with Crippen molar-refractivity contribution in [2.45, 2.75) is 36.6 Å². The number of aliphatic carboxylic acids is 1. The topological polar surface area (TPSA) is 50.2 Å². The number of alkyl halides is 3. The molecule has 30 heavy (non-hydrogen) atoms. The molecule has 0 unspecified atom stereocenters. The first-order chi connectivity index (χ1) is 14.1. The lowest BCUT2D eigenvalue weighted by Crippen LogP contribution is -2.07. The highest BCUT2D eigenvalue weighted by Gasteiger charge is 2.34. The Bertz CT molecular complexity index is 1060. The fraction of sp³-hybridized carbons (Fsp3) is 0.238. The normalized spacial score (nSPS) is 11.6. The zero-order chi connectivity index (χ0) is 21.9. The van der Waals surface area contributed by atoms with Crippen LogP contribution < -0.4 is 0 Å². The predicted molar refractivity (Wildman–Crippen MR) is 109 cm³/mol. The van der Waals surface area contributed by atoms with E-state index in [2.05, 4.69) is 4.98 Å². The van der Waals surface area contributed by atoms with Crippen LogP contribution in [0.2, 0.25) is 0 Å². The van der Waals surface area contributed by atoms with Gasteiger partial charge in [0.15, 0.2) is 0 Å². The Kier molecular flexibility index (Phi) is 6.82. The maximum Gasteiger partial charge on any atom is 0.419 e. The van der Waals surface area contributed by atoms with Crippen molar-refractivity contribution in [1.82, 2.24) is 4.98 Å². The van der Waals surface area contributed by atoms with Crippen LogP contribution in [-0.4, -0.2) is 16.1 Å². The first-order valence-electron chi connectivity index (χ1n) is 8.90. The number of carboxylic acids is 1. The lowest BCUT2D eigenvalue weighted by atomic mass is 10.1. The molecule has 1 N–H and O–H groups in total. The summed E-state index contributed by atoms with van der Waals surface area (Å²) in [7, 11) is 0. The highest BCUT2D eigenvalue weighted by Crippen LogP contribution is 2.36. The molecule has 3 rings (SSSR count). The van der Waals surface area contributed by atoms with Crippen molar-refractivity contribution in [1.29, 1.82) is 0 Å². The number of thiazole rings is 1. The summed E-state index contributed by atoms with van der Waals surface area (Å²) in [6.45, 7) is 1.81. The quantitative estimate of drug-likeness (QED) is 0.323. The Morgan fingerprint density at radius 2 is 1.97 bits per heavy atom. The predicted octanol–water partition coefficient (Wildman–Crippen LogP) is 6.59. The van der Waals surface area contributed by atoms with E-state index >= 15 is 0 Å². The van der Waals surface area contributed by atoms with Crippen molar-refractivity contribution < 1.29 is 27.5 Å². The molecule has 0 atom stereocenters. The first-order valence-corrected chi connectivity index (χ1v) is 10.7. The van der Waals surface area contributed by atoms with Crippen molar-refractivity contribution >= 4 is 29.1 Å². The Morgan fingerprint density at radius 1 is 1.20 bits per heavy atom. The highest BCUT2D eigenvalue weighted by atomic mass is 32.2. The van der Waals surface area contributed by atoms with Gasteiger partial charge in [-0.05, 0) is 43.2 Å². The molecule has 0 aliphatic rings. The minimum absolute atomic E-state index is 0.0646. The van der Waals surface area contributed by atoms with Crippen molar-refractivity contribution in [3.8, 4) is 10.6 Å². The minimum atomic E-state index is -4.73. The summed E-state index contributed by atoms with van der Waals surface area (Å²) >= 11 is 2.87. The molecule has 3 aromatic rings. The van der Waals surface area contributed by atoms with Gasteiger partial charge in [0, 0.05) is 27.5 Å². The van der Waals surface area contributed by atoms with Crippen LogP contribution in [0.5, 0.6) is 0 Å². The number of thioether (sulfide) groups is 1. The Labute approximate surface area is 178 Å². The number of carbonyl (C=O) groups is 1. The van der Waals surface area contributed by atoms with Crippen LogP contribution in [0.1, 0.15) is 28.1 Å². The van der Waals surface area contributed by atoms with Crippen LogP contribution in [0.4, 0.5) is 17.6 Å².